The number of likely N-dealkylation sites (N-methyl/N-ethyl adjacent to an activating group) is 1. The van der Waals surface area contributed by atoms with E-state index < -0.39 is 0 Å². The number of rotatable bonds is 5. The molecule has 2 rings (SSSR count). The maximum absolute atomic E-state index is 5.46. The van der Waals surface area contributed by atoms with Gasteiger partial charge in [-0.15, -0.1) is 0 Å². The Morgan fingerprint density at radius 2 is 2.00 bits per heavy atom. The zero-order valence-electron chi connectivity index (χ0n) is 12.6. The molecule has 3 heteroatoms. The first-order valence-corrected chi connectivity index (χ1v) is 6.88. The summed E-state index contributed by atoms with van der Waals surface area (Å²) in [6.45, 7) is 4.12. The van der Waals surface area contributed by atoms with Crippen LogP contribution in [-0.4, -0.2) is 19.1 Å². The minimum Gasteiger partial charge on any atom is -0.496 e. The first kappa shape index (κ1) is 14.5. The molecule has 0 bridgehead atoms. The van der Waals surface area contributed by atoms with Crippen LogP contribution in [0.3, 0.4) is 0 Å². The van der Waals surface area contributed by atoms with E-state index in [9.17, 15) is 0 Å². The molecule has 0 saturated heterocycles. The van der Waals surface area contributed by atoms with Crippen LogP contribution in [0.25, 0.3) is 0 Å². The van der Waals surface area contributed by atoms with Gasteiger partial charge in [0.15, 0.2) is 0 Å². The van der Waals surface area contributed by atoms with E-state index in [-0.39, 0.29) is 6.04 Å². The van der Waals surface area contributed by atoms with Crippen molar-refractivity contribution in [3.63, 3.8) is 0 Å². The molecule has 106 valence electrons. The van der Waals surface area contributed by atoms with E-state index in [4.69, 9.17) is 4.74 Å². The average Bonchev–Trinajstić information content (AvgIpc) is 2.45. The molecule has 1 heterocycles. The topological polar surface area (TPSA) is 34.1 Å². The van der Waals surface area contributed by atoms with E-state index in [1.54, 1.807) is 7.11 Å². The lowest BCUT2D eigenvalue weighted by atomic mass is 10.00. The summed E-state index contributed by atoms with van der Waals surface area (Å²) in [5, 5.41) is 3.35. The van der Waals surface area contributed by atoms with Crippen LogP contribution in [0.15, 0.2) is 36.4 Å². The molecule has 3 nitrogen and oxygen atoms in total. The van der Waals surface area contributed by atoms with Crippen molar-refractivity contribution in [2.75, 3.05) is 14.2 Å². The molecule has 0 aliphatic rings. The highest BCUT2D eigenvalue weighted by atomic mass is 16.5. The maximum atomic E-state index is 5.46. The van der Waals surface area contributed by atoms with Gasteiger partial charge >= 0.3 is 0 Å². The van der Waals surface area contributed by atoms with Crippen molar-refractivity contribution in [3.05, 3.63) is 58.9 Å². The summed E-state index contributed by atoms with van der Waals surface area (Å²) in [5.41, 5.74) is 4.55. The second-order valence-electron chi connectivity index (χ2n) is 5.06. The first-order valence-electron chi connectivity index (χ1n) is 6.88. The van der Waals surface area contributed by atoms with E-state index in [2.05, 4.69) is 41.5 Å². The molecular weight excluding hydrogens is 248 g/mol. The number of ether oxygens (including phenoxy) is 1. The van der Waals surface area contributed by atoms with Crippen molar-refractivity contribution in [1.82, 2.24) is 10.3 Å². The smallest absolute Gasteiger partial charge is 0.122 e. The molecule has 0 aliphatic heterocycles. The van der Waals surface area contributed by atoms with Gasteiger partial charge in [0.2, 0.25) is 0 Å². The summed E-state index contributed by atoms with van der Waals surface area (Å²) in [6.07, 6.45) is 0.859. The quantitative estimate of drug-likeness (QED) is 0.906. The Morgan fingerprint density at radius 1 is 1.20 bits per heavy atom. The summed E-state index contributed by atoms with van der Waals surface area (Å²) < 4.78 is 5.46. The highest BCUT2D eigenvalue weighted by molar-refractivity contribution is 5.38. The molecule has 1 aromatic carbocycles. The van der Waals surface area contributed by atoms with Gasteiger partial charge in [0.05, 0.1) is 18.8 Å². The Bertz CT molecular complexity index is 581. The lowest BCUT2D eigenvalue weighted by molar-refractivity contribution is 0.406. The van der Waals surface area contributed by atoms with Crippen LogP contribution in [0.5, 0.6) is 5.75 Å². The van der Waals surface area contributed by atoms with Gasteiger partial charge in [0.1, 0.15) is 5.75 Å². The Balaban J connectivity index is 2.28. The van der Waals surface area contributed by atoms with E-state index in [1.807, 2.05) is 26.1 Å². The van der Waals surface area contributed by atoms with Crippen LogP contribution < -0.4 is 10.1 Å². The van der Waals surface area contributed by atoms with E-state index in [0.717, 1.165) is 23.6 Å². The number of hydrogen-bond donors (Lipinski definition) is 1. The molecule has 0 radical (unpaired) electrons. The number of methoxy groups -OCH3 is 1. The van der Waals surface area contributed by atoms with E-state index in [0.29, 0.717) is 0 Å². The van der Waals surface area contributed by atoms with Gasteiger partial charge in [-0.2, -0.15) is 0 Å². The fraction of sp³-hybridized carbons (Fsp3) is 0.353. The molecule has 0 amide bonds. The van der Waals surface area contributed by atoms with Crippen molar-refractivity contribution in [2.45, 2.75) is 26.3 Å². The monoisotopic (exact) mass is 270 g/mol. The molecule has 0 saturated carbocycles. The molecule has 2 aromatic rings. The molecule has 0 spiro atoms. The zero-order valence-corrected chi connectivity index (χ0v) is 12.6. The Kier molecular flexibility index (Phi) is 4.74. The molecule has 0 fully saturated rings. The molecule has 1 atom stereocenters. The molecule has 1 unspecified atom stereocenters. The molecule has 1 N–H and O–H groups in total. The number of hydrogen-bond acceptors (Lipinski definition) is 3. The second-order valence-corrected chi connectivity index (χ2v) is 5.06. The molecule has 20 heavy (non-hydrogen) atoms. The standard InChI is InChI=1S/C17H22N2O/c1-12-8-9-17(20-4)14(10-12)11-16(18-3)15-7-5-6-13(2)19-15/h5-10,16,18H,11H2,1-4H3. The Morgan fingerprint density at radius 3 is 2.65 bits per heavy atom. The van der Waals surface area contributed by atoms with Crippen LogP contribution in [0.1, 0.15) is 28.6 Å². The van der Waals surface area contributed by atoms with Gasteiger partial charge in [-0.25, -0.2) is 0 Å². The number of nitrogens with one attached hydrogen (secondary N) is 1. The van der Waals surface area contributed by atoms with Crippen molar-refractivity contribution in [3.8, 4) is 5.75 Å². The summed E-state index contributed by atoms with van der Waals surface area (Å²) in [5.74, 6) is 0.934. The van der Waals surface area contributed by atoms with Gasteiger partial charge in [-0.1, -0.05) is 23.8 Å². The fourth-order valence-corrected chi connectivity index (χ4v) is 2.40. The van der Waals surface area contributed by atoms with Gasteiger partial charge < -0.3 is 10.1 Å². The predicted octanol–water partition coefficient (Wildman–Crippen LogP) is 3.21. The summed E-state index contributed by atoms with van der Waals surface area (Å²) >= 11 is 0. The van der Waals surface area contributed by atoms with Gasteiger partial charge in [-0.05, 0) is 51.1 Å². The first-order chi connectivity index (χ1) is 9.63. The maximum Gasteiger partial charge on any atom is 0.122 e. The summed E-state index contributed by atoms with van der Waals surface area (Å²) in [6, 6.07) is 12.6. The number of aryl methyl sites for hydroxylation is 2. The van der Waals surface area contributed by atoms with Crippen molar-refractivity contribution >= 4 is 0 Å². The lowest BCUT2D eigenvalue weighted by Crippen LogP contribution is -2.20. The minimum atomic E-state index is 0.186. The van der Waals surface area contributed by atoms with Crippen molar-refractivity contribution < 1.29 is 4.74 Å². The van der Waals surface area contributed by atoms with E-state index in [1.165, 1.54) is 11.1 Å². The third-order valence-corrected chi connectivity index (χ3v) is 3.48. The second kappa shape index (κ2) is 6.53. The van der Waals surface area contributed by atoms with Crippen LogP contribution in [0.4, 0.5) is 0 Å². The SMILES string of the molecule is CNC(Cc1cc(C)ccc1OC)c1cccc(C)n1. The van der Waals surface area contributed by atoms with Crippen molar-refractivity contribution in [1.29, 1.82) is 0 Å². The largest absolute Gasteiger partial charge is 0.496 e. The molecule has 1 aromatic heterocycles. The average molecular weight is 270 g/mol. The van der Waals surface area contributed by atoms with Gasteiger partial charge in [-0.3, -0.25) is 4.98 Å². The van der Waals surface area contributed by atoms with Crippen LogP contribution in [0, 0.1) is 13.8 Å². The Hall–Kier alpha value is -1.87. The number of pyridine rings is 1. The third-order valence-electron chi connectivity index (χ3n) is 3.48. The number of aromatic nitrogens is 1. The normalized spacial score (nSPS) is 12.2. The number of benzene rings is 1. The fourth-order valence-electron chi connectivity index (χ4n) is 2.40. The summed E-state index contributed by atoms with van der Waals surface area (Å²) in [4.78, 5) is 4.62. The zero-order chi connectivity index (χ0) is 14.5. The van der Waals surface area contributed by atoms with Crippen LogP contribution in [0.2, 0.25) is 0 Å². The third kappa shape index (κ3) is 3.36. The van der Waals surface area contributed by atoms with Crippen molar-refractivity contribution in [2.24, 2.45) is 0 Å². The number of nitrogens with zero attached hydrogens (tertiary/aromatic N) is 1. The van der Waals surface area contributed by atoms with E-state index >= 15 is 0 Å². The van der Waals surface area contributed by atoms with Gasteiger partial charge in [0.25, 0.3) is 0 Å². The highest BCUT2D eigenvalue weighted by Crippen LogP contribution is 2.25. The van der Waals surface area contributed by atoms with Crippen LogP contribution >= 0.6 is 0 Å². The lowest BCUT2D eigenvalue weighted by Gasteiger charge is -2.18. The van der Waals surface area contributed by atoms with Crippen LogP contribution in [-0.2, 0) is 6.42 Å². The highest BCUT2D eigenvalue weighted by Gasteiger charge is 2.14. The summed E-state index contributed by atoms with van der Waals surface area (Å²) in [7, 11) is 3.68. The minimum absolute atomic E-state index is 0.186. The Labute approximate surface area is 121 Å². The predicted molar refractivity (Wildman–Crippen MR) is 82.2 cm³/mol. The molecule has 0 aliphatic carbocycles. The van der Waals surface area contributed by atoms with Gasteiger partial charge in [0, 0.05) is 5.69 Å². The molecular formula is C17H22N2O.